The van der Waals surface area contributed by atoms with Gasteiger partial charge in [-0.25, -0.2) is 4.98 Å². The van der Waals surface area contributed by atoms with Crippen LogP contribution in [0.1, 0.15) is 22.5 Å². The fourth-order valence-corrected chi connectivity index (χ4v) is 1.70. The minimum atomic E-state index is 0.155. The second-order valence-electron chi connectivity index (χ2n) is 4.37. The van der Waals surface area contributed by atoms with Crippen molar-refractivity contribution < 1.29 is 4.74 Å². The van der Waals surface area contributed by atoms with Crippen LogP contribution >= 0.6 is 0 Å². The summed E-state index contributed by atoms with van der Waals surface area (Å²) in [7, 11) is 0. The molecule has 2 rings (SSSR count). The van der Waals surface area contributed by atoms with Gasteiger partial charge in [0.05, 0.1) is 0 Å². The van der Waals surface area contributed by atoms with Gasteiger partial charge >= 0.3 is 6.01 Å². The molecule has 2 aromatic rings. The Balaban J connectivity index is 2.39. The third-order valence-corrected chi connectivity index (χ3v) is 2.71. The predicted molar refractivity (Wildman–Crippen MR) is 71.9 cm³/mol. The Hall–Kier alpha value is -2.61. The molecule has 0 radical (unpaired) electrons. The van der Waals surface area contributed by atoms with Crippen LogP contribution in [0.4, 0.5) is 5.69 Å². The molecule has 0 spiro atoms. The van der Waals surface area contributed by atoms with Crippen LogP contribution in [-0.4, -0.2) is 9.97 Å². The molecule has 5 heteroatoms. The predicted octanol–water partition coefficient (Wildman–Crippen LogP) is 2.65. The fourth-order valence-electron chi connectivity index (χ4n) is 1.70. The number of nitrogen functional groups attached to an aromatic ring is 1. The van der Waals surface area contributed by atoms with Crippen LogP contribution in [0.5, 0.6) is 11.8 Å². The van der Waals surface area contributed by atoms with Crippen molar-refractivity contribution in [3.63, 3.8) is 0 Å². The summed E-state index contributed by atoms with van der Waals surface area (Å²) in [5, 5.41) is 8.87. The summed E-state index contributed by atoms with van der Waals surface area (Å²) in [5.74, 6) is 0.595. The quantitative estimate of drug-likeness (QED) is 0.833. The maximum Gasteiger partial charge on any atom is 0.323 e. The summed E-state index contributed by atoms with van der Waals surface area (Å²) >= 11 is 0. The van der Waals surface area contributed by atoms with E-state index in [4.69, 9.17) is 15.7 Å². The summed E-state index contributed by atoms with van der Waals surface area (Å²) in [5.41, 5.74) is 9.39. The molecule has 0 aliphatic carbocycles. The molecule has 0 amide bonds. The van der Waals surface area contributed by atoms with E-state index in [0.29, 0.717) is 17.1 Å². The molecule has 96 valence electrons. The van der Waals surface area contributed by atoms with Crippen molar-refractivity contribution in [3.8, 4) is 17.8 Å². The number of benzene rings is 1. The first-order valence-corrected chi connectivity index (χ1v) is 5.80. The lowest BCUT2D eigenvalue weighted by molar-refractivity contribution is 0.437. The molecule has 0 saturated heterocycles. The number of aromatic nitrogens is 2. The molecule has 0 atom stereocenters. The zero-order chi connectivity index (χ0) is 14.0. The smallest absolute Gasteiger partial charge is 0.323 e. The Morgan fingerprint density at radius 3 is 2.53 bits per heavy atom. The van der Waals surface area contributed by atoms with Crippen molar-refractivity contribution >= 4 is 5.69 Å². The molecule has 5 nitrogen and oxygen atoms in total. The van der Waals surface area contributed by atoms with Gasteiger partial charge in [0, 0.05) is 17.4 Å². The van der Waals surface area contributed by atoms with E-state index < -0.39 is 0 Å². The van der Waals surface area contributed by atoms with Gasteiger partial charge in [0.1, 0.15) is 17.5 Å². The van der Waals surface area contributed by atoms with Crippen molar-refractivity contribution in [3.05, 3.63) is 40.7 Å². The van der Waals surface area contributed by atoms with Crippen LogP contribution in [-0.2, 0) is 0 Å². The zero-order valence-electron chi connectivity index (χ0n) is 11.1. The van der Waals surface area contributed by atoms with E-state index in [0.717, 1.165) is 11.1 Å². The van der Waals surface area contributed by atoms with E-state index in [1.807, 2.05) is 26.0 Å². The Kier molecular flexibility index (Phi) is 3.34. The van der Waals surface area contributed by atoms with Gasteiger partial charge in [-0.2, -0.15) is 10.2 Å². The number of hydrogen-bond donors (Lipinski definition) is 1. The van der Waals surface area contributed by atoms with Crippen LogP contribution in [0.25, 0.3) is 0 Å². The van der Waals surface area contributed by atoms with Gasteiger partial charge in [-0.15, -0.1) is 0 Å². The van der Waals surface area contributed by atoms with E-state index in [1.165, 1.54) is 0 Å². The first kappa shape index (κ1) is 12.8. The van der Waals surface area contributed by atoms with E-state index in [2.05, 4.69) is 9.97 Å². The van der Waals surface area contributed by atoms with Crippen LogP contribution in [0.15, 0.2) is 18.2 Å². The highest BCUT2D eigenvalue weighted by atomic mass is 16.5. The van der Waals surface area contributed by atoms with Gasteiger partial charge in [0.2, 0.25) is 0 Å². The number of nitrogens with two attached hydrogens (primary N) is 1. The number of anilines is 1. The first-order valence-electron chi connectivity index (χ1n) is 5.80. The molecule has 19 heavy (non-hydrogen) atoms. The Morgan fingerprint density at radius 1 is 1.11 bits per heavy atom. The van der Waals surface area contributed by atoms with E-state index >= 15 is 0 Å². The lowest BCUT2D eigenvalue weighted by atomic mass is 10.1. The van der Waals surface area contributed by atoms with Gasteiger partial charge in [0.15, 0.2) is 0 Å². The highest BCUT2D eigenvalue weighted by molar-refractivity contribution is 5.54. The molecule has 2 N–H and O–H groups in total. The largest absolute Gasteiger partial charge is 0.424 e. The molecular weight excluding hydrogens is 240 g/mol. The third kappa shape index (κ3) is 2.80. The second kappa shape index (κ2) is 4.94. The first-order chi connectivity index (χ1) is 8.99. The van der Waals surface area contributed by atoms with Crippen molar-refractivity contribution in [2.24, 2.45) is 0 Å². The van der Waals surface area contributed by atoms with Crippen molar-refractivity contribution in [2.45, 2.75) is 20.8 Å². The molecular formula is C14H14N4O. The average Bonchev–Trinajstić information content (AvgIpc) is 2.35. The number of aryl methyl sites for hydroxylation is 3. The van der Waals surface area contributed by atoms with Crippen LogP contribution in [0, 0.1) is 32.1 Å². The highest BCUT2D eigenvalue weighted by Crippen LogP contribution is 2.27. The maximum atomic E-state index is 8.87. The van der Waals surface area contributed by atoms with Gasteiger partial charge in [0.25, 0.3) is 0 Å². The van der Waals surface area contributed by atoms with Gasteiger partial charge in [-0.05, 0) is 38.0 Å². The Bertz CT molecular complexity index is 674. The highest BCUT2D eigenvalue weighted by Gasteiger charge is 2.08. The summed E-state index contributed by atoms with van der Waals surface area (Å²) in [6.45, 7) is 5.64. The van der Waals surface area contributed by atoms with Crippen molar-refractivity contribution in [1.82, 2.24) is 9.97 Å². The molecule has 0 unspecified atom stereocenters. The standard InChI is InChI=1S/C14H14N4O/c1-8-4-9(2)13(6-12(8)16)19-14-17-10(3)5-11(7-15)18-14/h4-6H,16H2,1-3H3. The minimum Gasteiger partial charge on any atom is -0.424 e. The number of hydrogen-bond acceptors (Lipinski definition) is 5. The summed E-state index contributed by atoms with van der Waals surface area (Å²) in [6, 6.07) is 7.40. The maximum absolute atomic E-state index is 8.87. The number of nitriles is 1. The lowest BCUT2D eigenvalue weighted by Crippen LogP contribution is -1.99. The molecule has 1 aromatic carbocycles. The topological polar surface area (TPSA) is 84.8 Å². The SMILES string of the molecule is Cc1cc(C#N)nc(Oc2cc(N)c(C)cc2C)n1. The molecule has 0 aliphatic heterocycles. The molecule has 0 fully saturated rings. The molecule has 0 aliphatic rings. The third-order valence-electron chi connectivity index (χ3n) is 2.71. The fraction of sp³-hybridized carbons (Fsp3) is 0.214. The summed E-state index contributed by atoms with van der Waals surface area (Å²) in [6.07, 6.45) is 0. The normalized spacial score (nSPS) is 10.0. The lowest BCUT2D eigenvalue weighted by Gasteiger charge is -2.10. The van der Waals surface area contributed by atoms with Gasteiger partial charge in [-0.1, -0.05) is 6.07 Å². The Labute approximate surface area is 111 Å². The monoisotopic (exact) mass is 254 g/mol. The number of nitrogens with zero attached hydrogens (tertiary/aromatic N) is 3. The molecule has 0 bridgehead atoms. The van der Waals surface area contributed by atoms with Crippen molar-refractivity contribution in [1.29, 1.82) is 5.26 Å². The van der Waals surface area contributed by atoms with Gasteiger partial charge < -0.3 is 10.5 Å². The summed E-state index contributed by atoms with van der Waals surface area (Å²) in [4.78, 5) is 8.15. The number of ether oxygens (including phenoxy) is 1. The second-order valence-corrected chi connectivity index (χ2v) is 4.37. The van der Waals surface area contributed by atoms with E-state index in [1.54, 1.807) is 19.1 Å². The van der Waals surface area contributed by atoms with Crippen molar-refractivity contribution in [2.75, 3.05) is 5.73 Å². The molecule has 0 saturated carbocycles. The number of rotatable bonds is 2. The summed E-state index contributed by atoms with van der Waals surface area (Å²) < 4.78 is 5.61. The molecule has 1 aromatic heterocycles. The van der Waals surface area contributed by atoms with Crippen LogP contribution in [0.2, 0.25) is 0 Å². The minimum absolute atomic E-state index is 0.155. The Morgan fingerprint density at radius 2 is 1.84 bits per heavy atom. The van der Waals surface area contributed by atoms with E-state index in [-0.39, 0.29) is 11.7 Å². The van der Waals surface area contributed by atoms with Gasteiger partial charge in [-0.3, -0.25) is 0 Å². The van der Waals surface area contributed by atoms with E-state index in [9.17, 15) is 0 Å². The molecule has 1 heterocycles. The van der Waals surface area contributed by atoms with Crippen LogP contribution in [0.3, 0.4) is 0 Å². The average molecular weight is 254 g/mol. The van der Waals surface area contributed by atoms with Crippen LogP contribution < -0.4 is 10.5 Å². The zero-order valence-corrected chi connectivity index (χ0v) is 11.1.